The van der Waals surface area contributed by atoms with Crippen molar-refractivity contribution in [3.05, 3.63) is 206 Å². The summed E-state index contributed by atoms with van der Waals surface area (Å²) in [6.07, 6.45) is 1.95. The van der Waals surface area contributed by atoms with Crippen LogP contribution in [0.4, 0.5) is 22.9 Å². The first kappa shape index (κ1) is 31.3. The molecule has 4 heteroatoms. The van der Waals surface area contributed by atoms with Crippen molar-refractivity contribution in [2.24, 2.45) is 0 Å². The zero-order chi connectivity index (χ0) is 36.0. The molecule has 54 heavy (non-hydrogen) atoms. The lowest BCUT2D eigenvalue weighted by atomic mass is 9.94. The molecule has 2 aromatic heterocycles. The van der Waals surface area contributed by atoms with Gasteiger partial charge in [-0.05, 0) is 99.3 Å². The van der Waals surface area contributed by atoms with E-state index < -0.39 is 0 Å². The van der Waals surface area contributed by atoms with Crippen LogP contribution in [0.5, 0.6) is 0 Å². The maximum absolute atomic E-state index is 7.43. The van der Waals surface area contributed by atoms with E-state index in [0.717, 1.165) is 33.9 Å². The number of anilines is 3. The molecule has 0 fully saturated rings. The maximum atomic E-state index is 7.43. The van der Waals surface area contributed by atoms with Crippen LogP contribution in [-0.2, 0) is 0 Å². The van der Waals surface area contributed by atoms with Gasteiger partial charge < -0.3 is 4.57 Å². The largest absolute Gasteiger partial charge is 0.309 e. The molecule has 10 aromatic rings. The van der Waals surface area contributed by atoms with Gasteiger partial charge in [0, 0.05) is 39.6 Å². The lowest BCUT2D eigenvalue weighted by molar-refractivity contribution is 1.18. The summed E-state index contributed by atoms with van der Waals surface area (Å²) < 4.78 is 2.39. The summed E-state index contributed by atoms with van der Waals surface area (Å²) in [5.41, 5.74) is 13.0. The SMILES string of the molecule is [C-]#[N+]c1ccc(N(c2ccc(-c3ccccc3)cc2)c2ccc(-c3ccc(-c4ccc5c6c4ccc4cccc(c46)n5-c4ccccc4)cc3)cn2)cc1. The predicted octanol–water partition coefficient (Wildman–Crippen LogP) is 13.8. The number of hydrogen-bond donors (Lipinski definition) is 0. The van der Waals surface area contributed by atoms with E-state index in [1.165, 1.54) is 55.0 Å². The van der Waals surface area contributed by atoms with E-state index in [2.05, 4.69) is 172 Å². The molecule has 0 N–H and O–H groups in total. The molecule has 0 saturated carbocycles. The van der Waals surface area contributed by atoms with Crippen LogP contribution < -0.4 is 4.90 Å². The van der Waals surface area contributed by atoms with Crippen LogP contribution in [0.15, 0.2) is 194 Å². The van der Waals surface area contributed by atoms with Crippen molar-refractivity contribution >= 4 is 55.5 Å². The second-order valence-electron chi connectivity index (χ2n) is 13.5. The van der Waals surface area contributed by atoms with Gasteiger partial charge in [0.15, 0.2) is 5.69 Å². The standard InChI is InChI=1S/C50H32N4/c1-51-40-23-27-43(28-24-40)53(42-25-19-35(20-26-42)34-9-4-2-5-10-34)48-32-22-39(33-52-48)36-15-17-37(18-16-36)44-30-31-47-50-45(44)29-21-38-11-8-14-46(49(38)50)54(47)41-12-6-3-7-13-41/h2-33H. The summed E-state index contributed by atoms with van der Waals surface area (Å²) in [6, 6.07) is 65.9. The second kappa shape index (κ2) is 12.9. The van der Waals surface area contributed by atoms with Crippen LogP contribution in [0.2, 0.25) is 0 Å². The molecule has 0 aliphatic carbocycles. The molecule has 0 aliphatic heterocycles. The molecule has 0 bridgehead atoms. The summed E-state index contributed by atoms with van der Waals surface area (Å²) in [6.45, 7) is 7.43. The fourth-order valence-corrected chi connectivity index (χ4v) is 7.85. The van der Waals surface area contributed by atoms with Crippen LogP contribution in [0, 0.1) is 6.57 Å². The summed E-state index contributed by atoms with van der Waals surface area (Å²) >= 11 is 0. The number of pyridine rings is 1. The Morgan fingerprint density at radius 1 is 0.463 bits per heavy atom. The van der Waals surface area contributed by atoms with E-state index in [-0.39, 0.29) is 0 Å². The van der Waals surface area contributed by atoms with Crippen molar-refractivity contribution in [1.82, 2.24) is 9.55 Å². The average molecular weight is 689 g/mol. The van der Waals surface area contributed by atoms with Gasteiger partial charge >= 0.3 is 0 Å². The van der Waals surface area contributed by atoms with Crippen molar-refractivity contribution in [2.45, 2.75) is 0 Å². The topological polar surface area (TPSA) is 25.4 Å². The highest BCUT2D eigenvalue weighted by atomic mass is 15.2. The monoisotopic (exact) mass is 688 g/mol. The number of hydrogen-bond acceptors (Lipinski definition) is 2. The Morgan fingerprint density at radius 2 is 1.07 bits per heavy atom. The minimum Gasteiger partial charge on any atom is -0.309 e. The van der Waals surface area contributed by atoms with Gasteiger partial charge in [0.2, 0.25) is 0 Å². The van der Waals surface area contributed by atoms with Crippen molar-refractivity contribution in [3.8, 4) is 39.1 Å². The lowest BCUT2D eigenvalue weighted by Gasteiger charge is -2.25. The molecule has 2 heterocycles. The van der Waals surface area contributed by atoms with Crippen molar-refractivity contribution < 1.29 is 0 Å². The summed E-state index contributed by atoms with van der Waals surface area (Å²) in [5, 5.41) is 5.12. The van der Waals surface area contributed by atoms with E-state index >= 15 is 0 Å². The van der Waals surface area contributed by atoms with Gasteiger partial charge in [0.05, 0.1) is 17.6 Å². The van der Waals surface area contributed by atoms with Gasteiger partial charge in [-0.1, -0.05) is 127 Å². The highest BCUT2D eigenvalue weighted by Crippen LogP contribution is 2.43. The molecule has 0 radical (unpaired) electrons. The van der Waals surface area contributed by atoms with E-state index in [0.29, 0.717) is 5.69 Å². The maximum Gasteiger partial charge on any atom is 0.187 e. The van der Waals surface area contributed by atoms with E-state index in [9.17, 15) is 0 Å². The molecule has 0 amide bonds. The molecule has 0 saturated heterocycles. The molecule has 0 atom stereocenters. The van der Waals surface area contributed by atoms with Crippen molar-refractivity contribution in [3.63, 3.8) is 0 Å². The second-order valence-corrected chi connectivity index (χ2v) is 13.5. The number of benzene rings is 8. The van der Waals surface area contributed by atoms with Crippen LogP contribution >= 0.6 is 0 Å². The van der Waals surface area contributed by atoms with Gasteiger partial charge in [0.1, 0.15) is 5.82 Å². The Bertz CT molecular complexity index is 2940. The fourth-order valence-electron chi connectivity index (χ4n) is 7.85. The van der Waals surface area contributed by atoms with E-state index in [1.54, 1.807) is 0 Å². The van der Waals surface area contributed by atoms with Crippen LogP contribution in [0.1, 0.15) is 0 Å². The number of para-hydroxylation sites is 1. The highest BCUT2D eigenvalue weighted by Gasteiger charge is 2.19. The Labute approximate surface area is 313 Å². The zero-order valence-corrected chi connectivity index (χ0v) is 29.3. The third kappa shape index (κ3) is 5.27. The molecule has 0 unspecified atom stereocenters. The highest BCUT2D eigenvalue weighted by molar-refractivity contribution is 6.26. The number of rotatable bonds is 7. The Hall–Kier alpha value is -7.48. The van der Waals surface area contributed by atoms with Gasteiger partial charge in [-0.15, -0.1) is 0 Å². The lowest BCUT2D eigenvalue weighted by Crippen LogP contribution is -2.11. The minimum absolute atomic E-state index is 0.605. The van der Waals surface area contributed by atoms with Gasteiger partial charge in [-0.25, -0.2) is 9.83 Å². The first-order valence-corrected chi connectivity index (χ1v) is 18.1. The quantitative estimate of drug-likeness (QED) is 0.123. The fraction of sp³-hybridized carbons (Fsp3) is 0. The van der Waals surface area contributed by atoms with Gasteiger partial charge in [-0.3, -0.25) is 4.90 Å². The number of nitrogens with zero attached hydrogens (tertiary/aromatic N) is 4. The van der Waals surface area contributed by atoms with Crippen LogP contribution in [0.3, 0.4) is 0 Å². The summed E-state index contributed by atoms with van der Waals surface area (Å²) in [5.74, 6) is 0.798. The normalized spacial score (nSPS) is 11.3. The summed E-state index contributed by atoms with van der Waals surface area (Å²) in [4.78, 5) is 10.7. The molecule has 10 rings (SSSR count). The molecule has 0 aliphatic rings. The molecule has 8 aromatic carbocycles. The minimum atomic E-state index is 0.605. The van der Waals surface area contributed by atoms with Crippen LogP contribution in [-0.4, -0.2) is 9.55 Å². The van der Waals surface area contributed by atoms with E-state index in [1.807, 2.05) is 36.5 Å². The Balaban J connectivity index is 0.989. The third-order valence-electron chi connectivity index (χ3n) is 10.4. The van der Waals surface area contributed by atoms with E-state index in [4.69, 9.17) is 11.6 Å². The first-order valence-electron chi connectivity index (χ1n) is 18.1. The Kier molecular flexibility index (Phi) is 7.49. The smallest absolute Gasteiger partial charge is 0.187 e. The van der Waals surface area contributed by atoms with Gasteiger partial charge in [-0.2, -0.15) is 0 Å². The predicted molar refractivity (Wildman–Crippen MR) is 225 cm³/mol. The third-order valence-corrected chi connectivity index (χ3v) is 10.4. The Morgan fingerprint density at radius 3 is 1.78 bits per heavy atom. The first-order chi connectivity index (χ1) is 26.7. The molecular formula is C50H32N4. The molecule has 252 valence electrons. The number of aromatic nitrogens is 2. The summed E-state index contributed by atoms with van der Waals surface area (Å²) in [7, 11) is 0. The average Bonchev–Trinajstić information content (AvgIpc) is 3.60. The van der Waals surface area contributed by atoms with Crippen molar-refractivity contribution in [1.29, 1.82) is 0 Å². The van der Waals surface area contributed by atoms with Crippen LogP contribution in [0.25, 0.3) is 76.5 Å². The molecule has 4 nitrogen and oxygen atoms in total. The van der Waals surface area contributed by atoms with Crippen molar-refractivity contribution in [2.75, 3.05) is 4.90 Å². The molecule has 0 spiro atoms. The molecular weight excluding hydrogens is 657 g/mol. The zero-order valence-electron chi connectivity index (χ0n) is 29.3. The van der Waals surface area contributed by atoms with Gasteiger partial charge in [0.25, 0.3) is 0 Å².